The normalized spacial score (nSPS) is 12.6. The van der Waals surface area contributed by atoms with Crippen molar-refractivity contribution in [2.75, 3.05) is 19.6 Å². The molecule has 0 atom stereocenters. The Morgan fingerprint density at radius 1 is 0.595 bits per heavy atom. The number of nitrogens with one attached hydrogen (secondary N) is 3. The van der Waals surface area contributed by atoms with E-state index in [1.807, 2.05) is 39.4 Å². The number of rotatable bonds is 9. The van der Waals surface area contributed by atoms with Crippen molar-refractivity contribution >= 4 is 26.5 Å². The summed E-state index contributed by atoms with van der Waals surface area (Å²) in [7, 11) is -10.7. The van der Waals surface area contributed by atoms with Crippen molar-refractivity contribution in [3.05, 3.63) is 53.1 Å². The molecule has 0 radical (unpaired) electrons. The Bertz CT molecular complexity index is 1060. The van der Waals surface area contributed by atoms with Gasteiger partial charge >= 0.3 is 50.1 Å². The van der Waals surface area contributed by atoms with Crippen LogP contribution >= 0.6 is 7.81 Å². The van der Waals surface area contributed by atoms with Gasteiger partial charge in [0.15, 0.2) is 0 Å². The van der Waals surface area contributed by atoms with Crippen LogP contribution in [0.3, 0.4) is 0 Å². The maximum Gasteiger partial charge on any atom is 2.00 e. The van der Waals surface area contributed by atoms with Gasteiger partial charge in [0.2, 0.25) is 0 Å². The van der Waals surface area contributed by atoms with E-state index in [1.54, 1.807) is 18.6 Å². The van der Waals surface area contributed by atoms with Gasteiger partial charge in [-0.2, -0.15) is 0 Å². The van der Waals surface area contributed by atoms with E-state index in [-0.39, 0.29) is 29.5 Å². The number of H-pyrrole nitrogens is 3. The Balaban J connectivity index is -0.000000482. The molecule has 18 heteroatoms. The Morgan fingerprint density at radius 2 is 0.810 bits per heavy atom. The van der Waals surface area contributed by atoms with Crippen molar-refractivity contribution in [1.82, 2.24) is 29.9 Å². The maximum atomic E-state index is 9.87. The van der Waals surface area contributed by atoms with E-state index in [9.17, 15) is 25.2 Å². The molecule has 0 fully saturated rings. The first-order valence-corrected chi connectivity index (χ1v) is 14.6. The summed E-state index contributed by atoms with van der Waals surface area (Å²) in [6.45, 7) is 14.7. The molecule has 9 nitrogen and oxygen atoms in total. The van der Waals surface area contributed by atoms with Crippen LogP contribution < -0.4 is 12.4 Å². The second kappa shape index (κ2) is 20.4. The number of aromatic nitrogens is 6. The largest absolute Gasteiger partial charge is 2.00 e. The quantitative estimate of drug-likeness (QED) is 0.127. The van der Waals surface area contributed by atoms with Crippen LogP contribution in [0.2, 0.25) is 0 Å². The van der Waals surface area contributed by atoms with Crippen LogP contribution in [0.15, 0.2) is 33.6 Å². The molecule has 42 heavy (non-hydrogen) atoms. The number of aromatic amines is 3. The molecule has 0 aliphatic carbocycles. The summed E-state index contributed by atoms with van der Waals surface area (Å²) in [5.74, 6) is 2.80. The average Bonchev–Trinajstić information content (AvgIpc) is 3.55. The van der Waals surface area contributed by atoms with E-state index in [4.69, 9.17) is 0 Å². The van der Waals surface area contributed by atoms with Gasteiger partial charge in [0.25, 0.3) is 0 Å². The van der Waals surface area contributed by atoms with Crippen LogP contribution in [0, 0.1) is 20.8 Å². The summed E-state index contributed by atoms with van der Waals surface area (Å²) in [4.78, 5) is 34.0. The third-order valence-corrected chi connectivity index (χ3v) is 3.91. The number of imidazole rings is 3. The first-order valence-electron chi connectivity index (χ1n) is 12.5. The van der Waals surface area contributed by atoms with Crippen molar-refractivity contribution < 1.29 is 54.7 Å². The van der Waals surface area contributed by atoms with Crippen molar-refractivity contribution in [2.24, 2.45) is 15.0 Å². The van der Waals surface area contributed by atoms with Crippen molar-refractivity contribution in [3.8, 4) is 0 Å². The smallest absolute Gasteiger partial charge is 1.00 e. The van der Waals surface area contributed by atoms with Crippen molar-refractivity contribution in [1.29, 1.82) is 0 Å². The summed E-state index contributed by atoms with van der Waals surface area (Å²) in [6.07, 6.45) is 14.2. The molecule has 0 saturated heterocycles. The number of nitrogens with zero attached hydrogens (tertiary/aromatic N) is 6. The number of aryl methyl sites for hydroxylation is 3. The predicted octanol–water partition coefficient (Wildman–Crippen LogP) is 5.02. The zero-order valence-corrected chi connectivity index (χ0v) is 27.1. The number of hydrogen-bond donors (Lipinski definition) is 3. The van der Waals surface area contributed by atoms with E-state index in [2.05, 4.69) is 65.7 Å². The molecular formula is C24H39ClF6FeN9P. The second-order valence-corrected chi connectivity index (χ2v) is 10.2. The Kier molecular flexibility index (Phi) is 21.3. The molecule has 3 aromatic heterocycles. The van der Waals surface area contributed by atoms with Crippen LogP contribution in [-0.2, 0) is 17.1 Å². The zero-order valence-electron chi connectivity index (χ0n) is 24.3. The van der Waals surface area contributed by atoms with Crippen LogP contribution in [0.5, 0.6) is 0 Å². The molecule has 3 N–H and O–H groups in total. The van der Waals surface area contributed by atoms with Gasteiger partial charge < -0.3 is 27.4 Å². The summed E-state index contributed by atoms with van der Waals surface area (Å²) in [6, 6.07) is 0. The van der Waals surface area contributed by atoms with Gasteiger partial charge in [-0.15, -0.1) is 0 Å². The Morgan fingerprint density at radius 3 is 0.952 bits per heavy atom. The molecular weight excluding hydrogens is 651 g/mol. The molecule has 0 amide bonds. The monoisotopic (exact) mass is 689 g/mol. The fraction of sp³-hybridized carbons (Fsp3) is 0.500. The van der Waals surface area contributed by atoms with E-state index < -0.39 is 7.81 Å². The van der Waals surface area contributed by atoms with E-state index in [0.717, 1.165) is 73.5 Å². The molecule has 0 unspecified atom stereocenters. The number of halogens is 7. The number of hydrogen-bond acceptors (Lipinski definition) is 6. The third-order valence-electron chi connectivity index (χ3n) is 3.91. The standard InChI is InChI=1S/3C8H13N3.ClH.F6P.Fe/c3*1-3-4-9-5-8-6-10-7(2)11-8;;1-7(2,3,4,5)6;/h3*5-6H,3-4H2,1-2H3,(H,10,11);1H;;/q;;;;-1;+2/p-1. The minimum Gasteiger partial charge on any atom is -1.00 e. The molecule has 3 rings (SSSR count). The van der Waals surface area contributed by atoms with Crippen LogP contribution in [-0.4, -0.2) is 68.2 Å². The SMILES string of the molecule is CCCN=Cc1c[nH]c(C)n1.CCCN=Cc1c[nH]c(C)n1.CCCN=Cc1c[nH]c(C)n1.F[P-](F)(F)(F)(F)F.[Cl-].[Fe+2]. The van der Waals surface area contributed by atoms with E-state index >= 15 is 0 Å². The Hall–Kier alpha value is -2.54. The van der Waals surface area contributed by atoms with Gasteiger partial charge in [-0.05, 0) is 40.0 Å². The minimum atomic E-state index is -10.7. The third kappa shape index (κ3) is 32.0. The van der Waals surface area contributed by atoms with Gasteiger partial charge in [-0.3, -0.25) is 15.0 Å². The Labute approximate surface area is 259 Å². The summed E-state index contributed by atoms with van der Waals surface area (Å²) in [5, 5.41) is 0. The predicted molar refractivity (Wildman–Crippen MR) is 152 cm³/mol. The van der Waals surface area contributed by atoms with Crippen LogP contribution in [0.1, 0.15) is 74.6 Å². The van der Waals surface area contributed by atoms with Crippen molar-refractivity contribution in [3.63, 3.8) is 0 Å². The summed E-state index contributed by atoms with van der Waals surface area (Å²) in [5.41, 5.74) is 2.74. The molecule has 3 heterocycles. The average molecular weight is 690 g/mol. The first-order chi connectivity index (χ1) is 18.4. The van der Waals surface area contributed by atoms with Gasteiger partial charge in [0, 0.05) is 56.9 Å². The minimum absolute atomic E-state index is 0. The molecule has 0 saturated carbocycles. The molecule has 242 valence electrons. The molecule has 3 aromatic rings. The van der Waals surface area contributed by atoms with Crippen molar-refractivity contribution in [2.45, 2.75) is 60.8 Å². The topological polar surface area (TPSA) is 123 Å². The number of aliphatic imine (C=N–C) groups is 3. The van der Waals surface area contributed by atoms with Crippen LogP contribution in [0.4, 0.5) is 25.2 Å². The zero-order chi connectivity index (χ0) is 30.7. The molecule has 0 spiro atoms. The van der Waals surface area contributed by atoms with Gasteiger partial charge in [0.05, 0.1) is 17.1 Å². The fourth-order valence-electron chi connectivity index (χ4n) is 2.37. The van der Waals surface area contributed by atoms with Gasteiger partial charge in [0.1, 0.15) is 17.5 Å². The van der Waals surface area contributed by atoms with Gasteiger partial charge in [-0.1, -0.05) is 20.8 Å². The maximum absolute atomic E-state index is 10.7. The van der Waals surface area contributed by atoms with Gasteiger partial charge in [-0.25, -0.2) is 15.0 Å². The molecule has 0 bridgehead atoms. The van der Waals surface area contributed by atoms with E-state index in [0.29, 0.717) is 0 Å². The first kappa shape index (κ1) is 43.9. The van der Waals surface area contributed by atoms with Crippen LogP contribution in [0.25, 0.3) is 0 Å². The molecule has 0 aromatic carbocycles. The second-order valence-electron chi connectivity index (χ2n) is 8.30. The summed E-state index contributed by atoms with van der Waals surface area (Å²) >= 11 is 0. The van der Waals surface area contributed by atoms with E-state index in [1.165, 1.54) is 0 Å². The molecule has 0 aliphatic rings. The fourth-order valence-corrected chi connectivity index (χ4v) is 2.37. The summed E-state index contributed by atoms with van der Waals surface area (Å²) < 4.78 is 59.2. The molecule has 0 aliphatic heterocycles.